The first-order valence-corrected chi connectivity index (χ1v) is 15.8. The van der Waals surface area contributed by atoms with E-state index in [1.54, 1.807) is 0 Å². The molecule has 0 nitrogen and oxygen atoms in total. The van der Waals surface area contributed by atoms with E-state index in [0.29, 0.717) is 0 Å². The van der Waals surface area contributed by atoms with Gasteiger partial charge in [-0.05, 0) is 92.0 Å². The fourth-order valence-corrected chi connectivity index (χ4v) is 5.26. The summed E-state index contributed by atoms with van der Waals surface area (Å²) < 4.78 is 0. The van der Waals surface area contributed by atoms with Crippen molar-refractivity contribution in [2.45, 2.75) is 61.8 Å². The molecule has 0 saturated carbocycles. The fraction of sp³-hybridized carbons (Fsp3) is 0.209. The highest BCUT2D eigenvalue weighted by Gasteiger charge is 2.12. The highest BCUT2D eigenvalue weighted by Crippen LogP contribution is 2.38. The number of hydrogen-bond donors (Lipinski definition) is 0. The van der Waals surface area contributed by atoms with Gasteiger partial charge >= 0.3 is 0 Å². The van der Waals surface area contributed by atoms with Crippen LogP contribution in [0.5, 0.6) is 0 Å². The van der Waals surface area contributed by atoms with Crippen LogP contribution in [0.4, 0.5) is 0 Å². The van der Waals surface area contributed by atoms with Crippen molar-refractivity contribution in [2.24, 2.45) is 0 Å². The second-order valence-electron chi connectivity index (χ2n) is 9.77. The number of hydrogen-bond acceptors (Lipinski definition) is 0. The van der Waals surface area contributed by atoms with Crippen LogP contribution >= 0.6 is 0 Å². The summed E-state index contributed by atoms with van der Waals surface area (Å²) >= 11 is 0. The molecule has 0 saturated heterocycles. The number of rotatable bonds is 3. The fourth-order valence-electron chi connectivity index (χ4n) is 5.26. The molecule has 0 spiro atoms. The Balaban J connectivity index is 0.000000654. The molecule has 0 aliphatic rings. The average Bonchev–Trinajstić information content (AvgIpc) is 3.08. The molecule has 222 valence electrons. The van der Waals surface area contributed by atoms with Gasteiger partial charge in [0.1, 0.15) is 0 Å². The minimum absolute atomic E-state index is 1.25. The maximum atomic E-state index is 3.00. The normalized spacial score (nSPS) is 9.67. The standard InChI is InChI=1S/C34H26.C3H8.2C2H6.C2H4/c1-23-11-3-5-15-28(23)30-20-10-19-29(24(30)2)25-13-9-14-26(21-25)34-22-27-12-4-6-16-31(27)32-17-7-8-18-33(32)34;1-3-2;3*1-2/h3-22H,1-2H3;3H2,1-2H3;2*1-2H3;1-2H2. The van der Waals surface area contributed by atoms with Crippen molar-refractivity contribution in [3.63, 3.8) is 0 Å². The van der Waals surface area contributed by atoms with E-state index >= 15 is 0 Å². The monoisotopic (exact) mass is 566 g/mol. The van der Waals surface area contributed by atoms with Crippen molar-refractivity contribution in [1.82, 2.24) is 0 Å². The van der Waals surface area contributed by atoms with Crippen molar-refractivity contribution in [3.8, 4) is 33.4 Å². The molecule has 6 aromatic carbocycles. The van der Waals surface area contributed by atoms with Crippen LogP contribution < -0.4 is 0 Å². The van der Waals surface area contributed by atoms with Crippen LogP contribution in [0.3, 0.4) is 0 Å². The molecule has 0 aromatic heterocycles. The smallest absolute Gasteiger partial charge is 0.00988 e. The third kappa shape index (κ3) is 8.11. The summed E-state index contributed by atoms with van der Waals surface area (Å²) in [5.41, 5.74) is 10.3. The first-order valence-electron chi connectivity index (χ1n) is 15.8. The Kier molecular flexibility index (Phi) is 14.7. The molecule has 43 heavy (non-hydrogen) atoms. The van der Waals surface area contributed by atoms with Crippen molar-refractivity contribution < 1.29 is 0 Å². The molecule has 0 unspecified atom stereocenters. The van der Waals surface area contributed by atoms with Gasteiger partial charge in [0.25, 0.3) is 0 Å². The van der Waals surface area contributed by atoms with Gasteiger partial charge in [0.2, 0.25) is 0 Å². The molecule has 0 aliphatic heterocycles. The SMILES string of the molecule is C=C.CC.CC.CCC.Cc1ccccc1-c1cccc(-c2cccc(-c3cc4ccccc4c4ccccc34)c2)c1C. The van der Waals surface area contributed by atoms with E-state index in [0.717, 1.165) is 0 Å². The van der Waals surface area contributed by atoms with Gasteiger partial charge in [-0.15, -0.1) is 13.2 Å². The van der Waals surface area contributed by atoms with Gasteiger partial charge in [-0.3, -0.25) is 0 Å². The zero-order valence-corrected chi connectivity index (χ0v) is 27.7. The lowest BCUT2D eigenvalue weighted by molar-refractivity contribution is 1.09. The van der Waals surface area contributed by atoms with Gasteiger partial charge in [-0.1, -0.05) is 157 Å². The predicted molar refractivity (Wildman–Crippen MR) is 197 cm³/mol. The van der Waals surface area contributed by atoms with Crippen LogP contribution in [0.25, 0.3) is 54.9 Å². The summed E-state index contributed by atoms with van der Waals surface area (Å²) in [4.78, 5) is 0. The van der Waals surface area contributed by atoms with Crippen molar-refractivity contribution in [2.75, 3.05) is 0 Å². The molecule has 0 heteroatoms. The maximum Gasteiger partial charge on any atom is -0.00988 e. The molecule has 6 rings (SSSR count). The summed E-state index contributed by atoms with van der Waals surface area (Å²) in [5.74, 6) is 0. The summed E-state index contributed by atoms with van der Waals surface area (Å²) in [6, 6.07) is 44.1. The zero-order valence-electron chi connectivity index (χ0n) is 27.7. The van der Waals surface area contributed by atoms with Crippen LogP contribution in [-0.4, -0.2) is 0 Å². The van der Waals surface area contributed by atoms with Crippen LogP contribution in [0.1, 0.15) is 59.1 Å². The van der Waals surface area contributed by atoms with Crippen LogP contribution in [0, 0.1) is 13.8 Å². The molecule has 0 bridgehead atoms. The Morgan fingerprint density at radius 3 is 1.56 bits per heavy atom. The van der Waals surface area contributed by atoms with E-state index < -0.39 is 0 Å². The Bertz CT molecular complexity index is 1700. The molecule has 6 aromatic rings. The molecule has 0 N–H and O–H groups in total. The van der Waals surface area contributed by atoms with Gasteiger partial charge in [-0.2, -0.15) is 0 Å². The highest BCUT2D eigenvalue weighted by atomic mass is 14.2. The van der Waals surface area contributed by atoms with Gasteiger partial charge in [0.15, 0.2) is 0 Å². The Morgan fingerprint density at radius 2 is 0.907 bits per heavy atom. The second-order valence-corrected chi connectivity index (χ2v) is 9.77. The largest absolute Gasteiger partial charge is 0.106 e. The molecule has 0 fully saturated rings. The summed E-state index contributed by atoms with van der Waals surface area (Å²) in [6.07, 6.45) is 1.25. The number of fused-ring (bicyclic) bond motifs is 3. The predicted octanol–water partition coefficient (Wildman–Crippen LogP) is 13.9. The van der Waals surface area contributed by atoms with Crippen molar-refractivity contribution in [3.05, 3.63) is 146 Å². The van der Waals surface area contributed by atoms with E-state index in [4.69, 9.17) is 0 Å². The topological polar surface area (TPSA) is 0 Å². The van der Waals surface area contributed by atoms with Gasteiger partial charge in [-0.25, -0.2) is 0 Å². The summed E-state index contributed by atoms with van der Waals surface area (Å²) in [6.45, 7) is 22.7. The average molecular weight is 567 g/mol. The van der Waals surface area contributed by atoms with Gasteiger partial charge in [0, 0.05) is 0 Å². The first kappa shape index (κ1) is 34.8. The maximum absolute atomic E-state index is 3.00. The lowest BCUT2D eigenvalue weighted by Gasteiger charge is -2.15. The summed E-state index contributed by atoms with van der Waals surface area (Å²) in [5, 5.41) is 5.18. The van der Waals surface area contributed by atoms with Crippen LogP contribution in [0.2, 0.25) is 0 Å². The Morgan fingerprint density at radius 1 is 0.442 bits per heavy atom. The third-order valence-electron chi connectivity index (χ3n) is 7.02. The van der Waals surface area contributed by atoms with Gasteiger partial charge < -0.3 is 0 Å². The minimum atomic E-state index is 1.25. The summed E-state index contributed by atoms with van der Waals surface area (Å²) in [7, 11) is 0. The zero-order chi connectivity index (χ0) is 31.8. The molecule has 0 amide bonds. The molecular formula is C43H50. The lowest BCUT2D eigenvalue weighted by atomic mass is 9.89. The second kappa shape index (κ2) is 18.2. The number of benzene rings is 6. The lowest BCUT2D eigenvalue weighted by Crippen LogP contribution is -1.91. The van der Waals surface area contributed by atoms with E-state index in [1.165, 1.54) is 72.5 Å². The van der Waals surface area contributed by atoms with Crippen molar-refractivity contribution >= 4 is 21.5 Å². The molecule has 0 radical (unpaired) electrons. The molecule has 0 aliphatic carbocycles. The van der Waals surface area contributed by atoms with Crippen molar-refractivity contribution in [1.29, 1.82) is 0 Å². The first-order chi connectivity index (χ1) is 21.1. The van der Waals surface area contributed by atoms with E-state index in [1.807, 2.05) is 27.7 Å². The quantitative estimate of drug-likeness (QED) is 0.148. The van der Waals surface area contributed by atoms with Gasteiger partial charge in [0.05, 0.1) is 0 Å². The molecule has 0 atom stereocenters. The molecule has 0 heterocycles. The Labute approximate surface area is 261 Å². The molecular weight excluding hydrogens is 516 g/mol. The third-order valence-corrected chi connectivity index (χ3v) is 7.02. The highest BCUT2D eigenvalue weighted by molar-refractivity contribution is 6.13. The number of aryl methyl sites for hydroxylation is 1. The van der Waals surface area contributed by atoms with E-state index in [2.05, 4.69) is 162 Å². The van der Waals surface area contributed by atoms with E-state index in [9.17, 15) is 0 Å². The minimum Gasteiger partial charge on any atom is -0.106 e. The Hall–Kier alpha value is -4.42. The van der Waals surface area contributed by atoms with E-state index in [-0.39, 0.29) is 0 Å². The van der Waals surface area contributed by atoms with Crippen LogP contribution in [0.15, 0.2) is 134 Å². The van der Waals surface area contributed by atoms with Crippen LogP contribution in [-0.2, 0) is 0 Å².